The number of hydrogen-bond donors (Lipinski definition) is 0. The molecular formula is C13H18N2O3. The first-order valence-electron chi connectivity index (χ1n) is 6.04. The number of ketones is 1. The topological polar surface area (TPSA) is 49.9 Å². The Hall–Kier alpha value is -1.78. The third kappa shape index (κ3) is 2.39. The maximum Gasteiger partial charge on any atom is 0.219 e. The average Bonchev–Trinajstić information content (AvgIpc) is 2.62. The first-order valence-corrected chi connectivity index (χ1v) is 6.04. The fraction of sp³-hybridized carbons (Fsp3) is 0.538. The summed E-state index contributed by atoms with van der Waals surface area (Å²) in [5.74, 6) is 0.868. The van der Waals surface area contributed by atoms with Crippen molar-refractivity contribution in [2.24, 2.45) is 0 Å². The van der Waals surface area contributed by atoms with Crippen LogP contribution in [0.2, 0.25) is 0 Å². The van der Waals surface area contributed by atoms with Crippen LogP contribution in [0.4, 0.5) is 0 Å². The number of rotatable bonds is 3. The number of allylic oxidation sites excluding steroid dienone is 3. The van der Waals surface area contributed by atoms with Crippen molar-refractivity contribution in [3.05, 3.63) is 23.6 Å². The van der Waals surface area contributed by atoms with Gasteiger partial charge in [0, 0.05) is 34.0 Å². The van der Waals surface area contributed by atoms with Crippen molar-refractivity contribution in [3.63, 3.8) is 0 Å². The van der Waals surface area contributed by atoms with Crippen molar-refractivity contribution in [1.29, 1.82) is 0 Å². The smallest absolute Gasteiger partial charge is 0.219 e. The van der Waals surface area contributed by atoms with Gasteiger partial charge in [-0.05, 0) is 12.2 Å². The van der Waals surface area contributed by atoms with Crippen LogP contribution in [0.15, 0.2) is 23.6 Å². The molecule has 1 aliphatic heterocycles. The third-order valence-corrected chi connectivity index (χ3v) is 3.39. The van der Waals surface area contributed by atoms with Crippen molar-refractivity contribution in [2.75, 3.05) is 20.6 Å². The van der Waals surface area contributed by atoms with Crippen LogP contribution in [0.25, 0.3) is 0 Å². The predicted molar refractivity (Wildman–Crippen MR) is 66.4 cm³/mol. The molecule has 0 bridgehead atoms. The van der Waals surface area contributed by atoms with E-state index < -0.39 is 0 Å². The molecular weight excluding hydrogens is 232 g/mol. The molecule has 1 aliphatic carbocycles. The first kappa shape index (κ1) is 12.7. The normalized spacial score (nSPS) is 22.1. The van der Waals surface area contributed by atoms with E-state index in [2.05, 4.69) is 0 Å². The molecule has 0 radical (unpaired) electrons. The maximum absolute atomic E-state index is 11.3. The summed E-state index contributed by atoms with van der Waals surface area (Å²) < 4.78 is 5.77. The average molecular weight is 250 g/mol. The molecule has 0 spiro atoms. The number of likely N-dealkylation sites (N-methyl/N-ethyl adjacent to an activating group) is 1. The second-order valence-electron chi connectivity index (χ2n) is 4.70. The lowest BCUT2D eigenvalue weighted by Crippen LogP contribution is -2.33. The number of carbonyl (C=O) groups is 2. The summed E-state index contributed by atoms with van der Waals surface area (Å²) in [5, 5.41) is 0. The molecule has 1 amide bonds. The molecule has 1 unspecified atom stereocenters. The number of nitrogens with zero attached hydrogens (tertiary/aromatic N) is 2. The van der Waals surface area contributed by atoms with Crippen LogP contribution >= 0.6 is 0 Å². The van der Waals surface area contributed by atoms with E-state index >= 15 is 0 Å². The van der Waals surface area contributed by atoms with Gasteiger partial charge in [0.25, 0.3) is 0 Å². The van der Waals surface area contributed by atoms with Crippen molar-refractivity contribution in [1.82, 2.24) is 9.80 Å². The zero-order chi connectivity index (χ0) is 13.3. The van der Waals surface area contributed by atoms with Crippen LogP contribution in [-0.4, -0.2) is 48.4 Å². The van der Waals surface area contributed by atoms with E-state index in [1.165, 1.54) is 0 Å². The molecule has 0 saturated carbocycles. The van der Waals surface area contributed by atoms with Crippen molar-refractivity contribution < 1.29 is 14.3 Å². The molecule has 5 heteroatoms. The quantitative estimate of drug-likeness (QED) is 0.746. The summed E-state index contributed by atoms with van der Waals surface area (Å²) >= 11 is 0. The molecule has 0 aromatic carbocycles. The van der Waals surface area contributed by atoms with Gasteiger partial charge in [0.05, 0.1) is 12.1 Å². The SMILES string of the molecule is CC(=O)N(C)CCC1OC2=C(C=CC(=O)C2)N1C. The minimum Gasteiger partial charge on any atom is -0.472 e. The molecule has 98 valence electrons. The first-order chi connectivity index (χ1) is 8.49. The molecule has 0 saturated heterocycles. The fourth-order valence-electron chi connectivity index (χ4n) is 2.10. The Bertz CT molecular complexity index is 440. The van der Waals surface area contributed by atoms with Crippen molar-refractivity contribution in [3.8, 4) is 0 Å². The second kappa shape index (κ2) is 4.84. The largest absolute Gasteiger partial charge is 0.472 e. The Kier molecular flexibility index (Phi) is 3.41. The van der Waals surface area contributed by atoms with Gasteiger partial charge in [-0.3, -0.25) is 9.59 Å². The zero-order valence-electron chi connectivity index (χ0n) is 11.0. The summed E-state index contributed by atoms with van der Waals surface area (Å²) in [5.41, 5.74) is 0.977. The lowest BCUT2D eigenvalue weighted by atomic mass is 10.1. The minimum absolute atomic E-state index is 0.0449. The van der Waals surface area contributed by atoms with E-state index in [1.54, 1.807) is 31.0 Å². The van der Waals surface area contributed by atoms with Gasteiger partial charge < -0.3 is 14.5 Å². The minimum atomic E-state index is -0.0904. The molecule has 18 heavy (non-hydrogen) atoms. The van der Waals surface area contributed by atoms with Crippen molar-refractivity contribution >= 4 is 11.7 Å². The molecule has 1 heterocycles. The third-order valence-electron chi connectivity index (χ3n) is 3.39. The van der Waals surface area contributed by atoms with E-state index in [0.717, 1.165) is 17.9 Å². The van der Waals surface area contributed by atoms with Gasteiger partial charge in [0.1, 0.15) is 5.76 Å². The lowest BCUT2D eigenvalue weighted by Gasteiger charge is -2.24. The summed E-state index contributed by atoms with van der Waals surface area (Å²) in [6.07, 6.45) is 4.36. The molecule has 0 aromatic rings. The van der Waals surface area contributed by atoms with Crippen LogP contribution in [0.3, 0.4) is 0 Å². The zero-order valence-corrected chi connectivity index (χ0v) is 11.0. The lowest BCUT2D eigenvalue weighted by molar-refractivity contribution is -0.128. The van der Waals surface area contributed by atoms with E-state index in [1.807, 2.05) is 11.9 Å². The predicted octanol–water partition coefficient (Wildman–Crippen LogP) is 0.884. The highest BCUT2D eigenvalue weighted by atomic mass is 16.5. The molecule has 2 rings (SSSR count). The Morgan fingerprint density at radius 1 is 1.56 bits per heavy atom. The van der Waals surface area contributed by atoms with E-state index in [4.69, 9.17) is 4.74 Å². The van der Waals surface area contributed by atoms with Crippen LogP contribution in [-0.2, 0) is 14.3 Å². The van der Waals surface area contributed by atoms with Gasteiger partial charge in [-0.2, -0.15) is 0 Å². The van der Waals surface area contributed by atoms with Crippen molar-refractivity contribution in [2.45, 2.75) is 26.0 Å². The maximum atomic E-state index is 11.3. The summed E-state index contributed by atoms with van der Waals surface area (Å²) in [7, 11) is 3.72. The number of amides is 1. The van der Waals surface area contributed by atoms with Gasteiger partial charge >= 0.3 is 0 Å². The van der Waals surface area contributed by atoms with Gasteiger partial charge in [0.2, 0.25) is 5.91 Å². The van der Waals surface area contributed by atoms with Gasteiger partial charge in [-0.1, -0.05) is 0 Å². The van der Waals surface area contributed by atoms with Gasteiger partial charge in [-0.15, -0.1) is 0 Å². The van der Waals surface area contributed by atoms with Crippen LogP contribution in [0, 0.1) is 0 Å². The van der Waals surface area contributed by atoms with Gasteiger partial charge in [0.15, 0.2) is 12.0 Å². The van der Waals surface area contributed by atoms with E-state index in [0.29, 0.717) is 13.0 Å². The van der Waals surface area contributed by atoms with Gasteiger partial charge in [-0.25, -0.2) is 0 Å². The summed E-state index contributed by atoms with van der Waals surface area (Å²) in [6.45, 7) is 2.19. The molecule has 0 aromatic heterocycles. The summed E-state index contributed by atoms with van der Waals surface area (Å²) in [4.78, 5) is 26.1. The Morgan fingerprint density at radius 3 is 2.94 bits per heavy atom. The number of ether oxygens (including phenoxy) is 1. The Balaban J connectivity index is 1.94. The Morgan fingerprint density at radius 2 is 2.28 bits per heavy atom. The molecule has 2 aliphatic rings. The Labute approximate surface area is 107 Å². The molecule has 0 N–H and O–H groups in total. The molecule has 1 atom stereocenters. The second-order valence-corrected chi connectivity index (χ2v) is 4.70. The summed E-state index contributed by atoms with van der Waals surface area (Å²) in [6, 6.07) is 0. The van der Waals surface area contributed by atoms with Crippen LogP contribution in [0.5, 0.6) is 0 Å². The van der Waals surface area contributed by atoms with E-state index in [-0.39, 0.29) is 17.9 Å². The highest BCUT2D eigenvalue weighted by Crippen LogP contribution is 2.31. The number of hydrogen-bond acceptors (Lipinski definition) is 4. The van der Waals surface area contributed by atoms with Crippen LogP contribution < -0.4 is 0 Å². The standard InChI is InChI=1S/C13H18N2O3/c1-9(16)14(2)7-6-13-15(3)11-5-4-10(17)8-12(11)18-13/h4-5,13H,6-8H2,1-3H3. The number of carbonyl (C=O) groups excluding carboxylic acids is 2. The fourth-order valence-corrected chi connectivity index (χ4v) is 2.10. The van der Waals surface area contributed by atoms with E-state index in [9.17, 15) is 9.59 Å². The van der Waals surface area contributed by atoms with Crippen LogP contribution in [0.1, 0.15) is 19.8 Å². The monoisotopic (exact) mass is 250 g/mol. The molecule has 0 fully saturated rings. The highest BCUT2D eigenvalue weighted by Gasteiger charge is 2.32. The highest BCUT2D eigenvalue weighted by molar-refractivity contribution is 5.93. The molecule has 5 nitrogen and oxygen atoms in total.